The maximum atomic E-state index is 12.6. The lowest BCUT2D eigenvalue weighted by molar-refractivity contribution is -0.145. The summed E-state index contributed by atoms with van der Waals surface area (Å²) in [6.45, 7) is 3.61. The topological polar surface area (TPSA) is 46.5 Å². The van der Waals surface area contributed by atoms with Gasteiger partial charge in [0.15, 0.2) is 6.10 Å². The minimum atomic E-state index is -4.33. The lowest BCUT2D eigenvalue weighted by atomic mass is 10.1. The summed E-state index contributed by atoms with van der Waals surface area (Å²) in [5.41, 5.74) is 0.917. The number of alkyl halides is 3. The van der Waals surface area contributed by atoms with E-state index in [0.29, 0.717) is 17.9 Å². The number of aliphatic carboxylic acids is 1. The van der Waals surface area contributed by atoms with Gasteiger partial charge in [0, 0.05) is 14.2 Å². The first-order chi connectivity index (χ1) is 13.6. The Balaban J connectivity index is 1.99. The molecule has 1 N–H and O–H groups in total. The first-order valence-electron chi connectivity index (χ1n) is 8.78. The molecule has 0 bridgehead atoms. The summed E-state index contributed by atoms with van der Waals surface area (Å²) in [7, 11) is 0. The van der Waals surface area contributed by atoms with E-state index in [1.165, 1.54) is 12.1 Å². The third-order valence-electron chi connectivity index (χ3n) is 4.06. The molecule has 0 aliphatic carbocycles. The summed E-state index contributed by atoms with van der Waals surface area (Å²) in [6.07, 6.45) is -2.89. The summed E-state index contributed by atoms with van der Waals surface area (Å²) in [5, 5.41) is 9.11. The summed E-state index contributed by atoms with van der Waals surface area (Å²) in [5.74, 6) is 0.192. The zero-order chi connectivity index (χ0) is 21.6. The molecule has 1 atom stereocenters. The van der Waals surface area contributed by atoms with Crippen LogP contribution in [0.2, 0.25) is 0 Å². The highest BCUT2D eigenvalue weighted by molar-refractivity contribution is 14.1. The minimum absolute atomic E-state index is 0.373. The van der Waals surface area contributed by atoms with Gasteiger partial charge in [-0.15, -0.1) is 11.8 Å². The van der Waals surface area contributed by atoms with Crippen molar-refractivity contribution in [2.45, 2.75) is 37.4 Å². The molecule has 2 aromatic rings. The van der Waals surface area contributed by atoms with E-state index >= 15 is 0 Å². The van der Waals surface area contributed by atoms with Crippen molar-refractivity contribution < 1.29 is 27.8 Å². The Morgan fingerprint density at radius 1 is 1.24 bits per heavy atom. The zero-order valence-electron chi connectivity index (χ0n) is 15.8. The van der Waals surface area contributed by atoms with Gasteiger partial charge in [0.2, 0.25) is 0 Å². The second-order valence-corrected chi connectivity index (χ2v) is 8.47. The molecule has 0 amide bonds. The molecule has 2 aromatic carbocycles. The van der Waals surface area contributed by atoms with Crippen LogP contribution in [0.3, 0.4) is 0 Å². The van der Waals surface area contributed by atoms with Crippen molar-refractivity contribution in [2.75, 3.05) is 5.75 Å². The second kappa shape index (κ2) is 10.4. The number of carbonyl (C=O) groups is 1. The van der Waals surface area contributed by atoms with Gasteiger partial charge < -0.3 is 9.84 Å². The number of carboxylic acids is 1. The van der Waals surface area contributed by atoms with Gasteiger partial charge in [-0.05, 0) is 77.4 Å². The highest BCUT2D eigenvalue weighted by Gasteiger charge is 2.29. The van der Waals surface area contributed by atoms with Gasteiger partial charge in [-0.2, -0.15) is 13.2 Å². The van der Waals surface area contributed by atoms with E-state index in [2.05, 4.69) is 22.6 Å². The fourth-order valence-electron chi connectivity index (χ4n) is 2.45. The molecule has 1 unspecified atom stereocenters. The molecule has 2 rings (SSSR count). The van der Waals surface area contributed by atoms with Gasteiger partial charge in [0.05, 0.1) is 5.56 Å². The van der Waals surface area contributed by atoms with Gasteiger partial charge in [0.1, 0.15) is 5.75 Å². The molecule has 0 fully saturated rings. The van der Waals surface area contributed by atoms with Crippen molar-refractivity contribution in [3.63, 3.8) is 0 Å². The molecule has 156 valence electrons. The molecule has 8 heteroatoms. The Morgan fingerprint density at radius 2 is 1.90 bits per heavy atom. The Bertz CT molecular complexity index is 880. The maximum Gasteiger partial charge on any atom is 0.416 e. The molecule has 0 heterocycles. The summed E-state index contributed by atoms with van der Waals surface area (Å²) in [6, 6.07) is 10.6. The van der Waals surface area contributed by atoms with Crippen molar-refractivity contribution in [3.8, 4) is 5.75 Å². The number of hydrogen-bond donors (Lipinski definition) is 1. The van der Waals surface area contributed by atoms with Gasteiger partial charge in [-0.1, -0.05) is 25.1 Å². The fraction of sp³-hybridized carbons (Fsp3) is 0.286. The Hall–Kier alpha value is -1.68. The van der Waals surface area contributed by atoms with Crippen LogP contribution in [0, 0.1) is 6.92 Å². The SMILES string of the molecule is CCC(Oc1ccc(SCC=C(I)c2ccc(C(F)(F)F)cc2)cc1C)C(=O)O. The summed E-state index contributed by atoms with van der Waals surface area (Å²) in [4.78, 5) is 12.1. The highest BCUT2D eigenvalue weighted by atomic mass is 127. The molecular weight excluding hydrogens is 516 g/mol. The first kappa shape index (κ1) is 23.6. The number of ether oxygens (including phenoxy) is 1. The van der Waals surface area contributed by atoms with Crippen LogP contribution in [0.4, 0.5) is 13.2 Å². The van der Waals surface area contributed by atoms with Crippen molar-refractivity contribution in [2.24, 2.45) is 0 Å². The van der Waals surface area contributed by atoms with Crippen LogP contribution in [-0.2, 0) is 11.0 Å². The number of hydrogen-bond acceptors (Lipinski definition) is 3. The molecule has 0 spiro atoms. The normalized spacial score (nSPS) is 13.2. The fourth-order valence-corrected chi connectivity index (χ4v) is 4.20. The molecule has 0 aliphatic heterocycles. The first-order valence-corrected chi connectivity index (χ1v) is 10.8. The van der Waals surface area contributed by atoms with Crippen molar-refractivity contribution in [1.82, 2.24) is 0 Å². The van der Waals surface area contributed by atoms with Gasteiger partial charge in [0.25, 0.3) is 0 Å². The summed E-state index contributed by atoms with van der Waals surface area (Å²) < 4.78 is 44.3. The van der Waals surface area contributed by atoms with Crippen LogP contribution in [0.1, 0.15) is 30.0 Å². The minimum Gasteiger partial charge on any atom is -0.479 e. The quantitative estimate of drug-likeness (QED) is 0.297. The summed E-state index contributed by atoms with van der Waals surface area (Å²) >= 11 is 3.68. The molecule has 0 saturated carbocycles. The average Bonchev–Trinajstić information content (AvgIpc) is 2.66. The van der Waals surface area contributed by atoms with E-state index < -0.39 is 23.8 Å². The predicted molar refractivity (Wildman–Crippen MR) is 118 cm³/mol. The third kappa shape index (κ3) is 6.95. The molecule has 3 nitrogen and oxygen atoms in total. The second-order valence-electron chi connectivity index (χ2n) is 6.22. The Morgan fingerprint density at radius 3 is 2.41 bits per heavy atom. The number of rotatable bonds is 8. The van der Waals surface area contributed by atoms with E-state index in [1.54, 1.807) is 24.8 Å². The largest absolute Gasteiger partial charge is 0.479 e. The lowest BCUT2D eigenvalue weighted by Gasteiger charge is -2.15. The van der Waals surface area contributed by atoms with E-state index in [9.17, 15) is 18.0 Å². The standard InChI is InChI=1S/C21H20F3IO3S/c1-3-18(20(26)27)28-19-9-8-16(12-13(19)2)29-11-10-17(25)14-4-6-15(7-5-14)21(22,23)24/h4-10,12,18H,3,11H2,1-2H3,(H,26,27). The van der Waals surface area contributed by atoms with Gasteiger partial charge in [-0.3, -0.25) is 0 Å². The van der Waals surface area contributed by atoms with E-state index in [-0.39, 0.29) is 0 Å². The van der Waals surface area contributed by atoms with Crippen LogP contribution in [-0.4, -0.2) is 22.9 Å². The molecule has 29 heavy (non-hydrogen) atoms. The maximum absolute atomic E-state index is 12.6. The lowest BCUT2D eigenvalue weighted by Crippen LogP contribution is -2.26. The van der Waals surface area contributed by atoms with Crippen LogP contribution < -0.4 is 4.74 Å². The average molecular weight is 536 g/mol. The molecule has 0 aliphatic rings. The number of aryl methyl sites for hydroxylation is 1. The third-order valence-corrected chi connectivity index (χ3v) is 6.05. The van der Waals surface area contributed by atoms with Gasteiger partial charge >= 0.3 is 12.1 Å². The van der Waals surface area contributed by atoms with E-state index in [0.717, 1.165) is 31.7 Å². The van der Waals surface area contributed by atoms with Crippen molar-refractivity contribution in [1.29, 1.82) is 0 Å². The molecular formula is C21H20F3IO3S. The van der Waals surface area contributed by atoms with Crippen LogP contribution >= 0.6 is 34.4 Å². The predicted octanol–water partition coefficient (Wildman–Crippen LogP) is 6.82. The van der Waals surface area contributed by atoms with E-state index in [1.807, 2.05) is 25.1 Å². The number of carboxylic acid groups (broad SMARTS) is 1. The number of halogens is 4. The smallest absolute Gasteiger partial charge is 0.416 e. The number of benzene rings is 2. The van der Waals surface area contributed by atoms with Crippen LogP contribution in [0.5, 0.6) is 5.75 Å². The van der Waals surface area contributed by atoms with E-state index in [4.69, 9.17) is 9.84 Å². The van der Waals surface area contributed by atoms with Crippen LogP contribution in [0.25, 0.3) is 3.58 Å². The zero-order valence-corrected chi connectivity index (χ0v) is 18.8. The van der Waals surface area contributed by atoms with Crippen LogP contribution in [0.15, 0.2) is 53.4 Å². The Kier molecular flexibility index (Phi) is 8.45. The number of thioether (sulfide) groups is 1. The molecule has 0 saturated heterocycles. The van der Waals surface area contributed by atoms with Crippen molar-refractivity contribution >= 4 is 43.9 Å². The monoisotopic (exact) mass is 536 g/mol. The highest BCUT2D eigenvalue weighted by Crippen LogP contribution is 2.32. The van der Waals surface area contributed by atoms with Gasteiger partial charge in [-0.25, -0.2) is 4.79 Å². The molecule has 0 radical (unpaired) electrons. The van der Waals surface area contributed by atoms with Crippen molar-refractivity contribution in [3.05, 3.63) is 65.2 Å². The Labute approximate surface area is 185 Å². The molecule has 0 aromatic heterocycles.